The molecule has 0 saturated carbocycles. The molecule has 1 aromatic rings. The van der Waals surface area contributed by atoms with E-state index in [9.17, 15) is 18.0 Å². The van der Waals surface area contributed by atoms with Gasteiger partial charge in [0.1, 0.15) is 0 Å². The summed E-state index contributed by atoms with van der Waals surface area (Å²) in [5.74, 6) is -2.76. The molecule has 3 rings (SSSR count). The van der Waals surface area contributed by atoms with Crippen molar-refractivity contribution in [3.63, 3.8) is 0 Å². The van der Waals surface area contributed by atoms with Crippen molar-refractivity contribution in [2.24, 2.45) is 0 Å². The van der Waals surface area contributed by atoms with Crippen LogP contribution >= 0.6 is 0 Å². The minimum Gasteiger partial charge on any atom is -0.475 e. The molecule has 1 unspecified atom stereocenters. The lowest BCUT2D eigenvalue weighted by Gasteiger charge is -2.45. The number of rotatable bonds is 4. The van der Waals surface area contributed by atoms with Crippen LogP contribution in [0.2, 0.25) is 0 Å². The highest BCUT2D eigenvalue weighted by molar-refractivity contribution is 5.89. The Bertz CT molecular complexity index is 785. The lowest BCUT2D eigenvalue weighted by molar-refractivity contribution is -0.192. The molecule has 2 N–H and O–H groups in total. The fourth-order valence-corrected chi connectivity index (χ4v) is 4.25. The van der Waals surface area contributed by atoms with Crippen molar-refractivity contribution >= 4 is 17.7 Å². The number of urea groups is 1. The van der Waals surface area contributed by atoms with E-state index >= 15 is 0 Å². The molecule has 2 heterocycles. The van der Waals surface area contributed by atoms with E-state index in [1.807, 2.05) is 23.1 Å². The van der Waals surface area contributed by atoms with Gasteiger partial charge in [-0.2, -0.15) is 13.2 Å². The van der Waals surface area contributed by atoms with Gasteiger partial charge >= 0.3 is 18.2 Å². The Morgan fingerprint density at radius 1 is 1.26 bits per heavy atom. The highest BCUT2D eigenvalue weighted by Gasteiger charge is 2.44. The first-order valence-electron chi connectivity index (χ1n) is 10.4. The number of benzene rings is 1. The summed E-state index contributed by atoms with van der Waals surface area (Å²) >= 11 is 0. The maximum Gasteiger partial charge on any atom is 0.490 e. The Labute approximate surface area is 180 Å². The van der Waals surface area contributed by atoms with E-state index in [0.29, 0.717) is 0 Å². The van der Waals surface area contributed by atoms with Crippen LogP contribution < -0.4 is 5.32 Å². The van der Waals surface area contributed by atoms with Gasteiger partial charge in [0.15, 0.2) is 0 Å². The van der Waals surface area contributed by atoms with Crippen molar-refractivity contribution in [3.8, 4) is 0 Å². The number of carboxylic acid groups (broad SMARTS) is 1. The summed E-state index contributed by atoms with van der Waals surface area (Å²) < 4.78 is 31.7. The Balaban J connectivity index is 0.000000423. The number of aliphatic carboxylic acids is 1. The first-order chi connectivity index (χ1) is 14.6. The number of hydrogen-bond donors (Lipinski definition) is 2. The number of carboxylic acids is 1. The molecule has 0 radical (unpaired) electrons. The van der Waals surface area contributed by atoms with E-state index in [1.165, 1.54) is 24.8 Å². The van der Waals surface area contributed by atoms with Gasteiger partial charge in [-0.1, -0.05) is 25.1 Å². The van der Waals surface area contributed by atoms with Crippen molar-refractivity contribution in [2.45, 2.75) is 50.7 Å². The Hall–Kier alpha value is -2.55. The number of hydrogen-bond acceptors (Lipinski definition) is 3. The smallest absolute Gasteiger partial charge is 0.475 e. The predicted molar refractivity (Wildman–Crippen MR) is 113 cm³/mol. The topological polar surface area (TPSA) is 72.9 Å². The third-order valence-corrected chi connectivity index (χ3v) is 5.76. The number of anilines is 1. The van der Waals surface area contributed by atoms with Gasteiger partial charge in [-0.15, -0.1) is 6.58 Å². The van der Waals surface area contributed by atoms with Gasteiger partial charge in [-0.05, 0) is 56.3 Å². The number of carbonyl (C=O) groups excluding carboxylic acids is 1. The summed E-state index contributed by atoms with van der Waals surface area (Å²) in [6.07, 6.45) is 2.57. The van der Waals surface area contributed by atoms with Gasteiger partial charge in [0, 0.05) is 30.9 Å². The van der Waals surface area contributed by atoms with Gasteiger partial charge < -0.3 is 15.3 Å². The van der Waals surface area contributed by atoms with Crippen molar-refractivity contribution in [3.05, 3.63) is 42.5 Å². The fourth-order valence-electron chi connectivity index (χ4n) is 4.25. The van der Waals surface area contributed by atoms with E-state index in [-0.39, 0.29) is 11.6 Å². The molecule has 2 amide bonds. The third kappa shape index (κ3) is 6.72. The average molecular weight is 441 g/mol. The van der Waals surface area contributed by atoms with Gasteiger partial charge in [0.2, 0.25) is 0 Å². The molecule has 172 valence electrons. The minimum atomic E-state index is -5.08. The number of nitrogens with one attached hydrogen (secondary N) is 1. The van der Waals surface area contributed by atoms with Gasteiger partial charge in [0.05, 0.1) is 0 Å². The number of carbonyl (C=O) groups is 2. The van der Waals surface area contributed by atoms with Crippen LogP contribution in [0.3, 0.4) is 0 Å². The fraction of sp³-hybridized carbons (Fsp3) is 0.545. The second kappa shape index (κ2) is 10.7. The van der Waals surface area contributed by atoms with E-state index in [2.05, 4.69) is 35.9 Å². The molecule has 2 saturated heterocycles. The van der Waals surface area contributed by atoms with Crippen LogP contribution in [0.15, 0.2) is 36.9 Å². The summed E-state index contributed by atoms with van der Waals surface area (Å²) in [5.41, 5.74) is 2.30. The zero-order chi connectivity index (χ0) is 23.1. The molecule has 1 aromatic carbocycles. The molecule has 9 heteroatoms. The Kier molecular flexibility index (Phi) is 8.50. The van der Waals surface area contributed by atoms with Crippen molar-refractivity contribution in [1.29, 1.82) is 0 Å². The maximum absolute atomic E-state index is 12.7. The van der Waals surface area contributed by atoms with E-state index < -0.39 is 12.1 Å². The molecule has 31 heavy (non-hydrogen) atoms. The highest BCUT2D eigenvalue weighted by Crippen LogP contribution is 2.37. The summed E-state index contributed by atoms with van der Waals surface area (Å²) in [6, 6.07) is 8.17. The zero-order valence-electron chi connectivity index (χ0n) is 17.7. The van der Waals surface area contributed by atoms with Crippen molar-refractivity contribution < 1.29 is 27.9 Å². The van der Waals surface area contributed by atoms with Gasteiger partial charge in [-0.3, -0.25) is 4.90 Å². The van der Waals surface area contributed by atoms with Crippen LogP contribution in [-0.4, -0.2) is 64.8 Å². The molecule has 0 aromatic heterocycles. The summed E-state index contributed by atoms with van der Waals surface area (Å²) in [6.45, 7) is 9.76. The van der Waals surface area contributed by atoms with Gasteiger partial charge in [0.25, 0.3) is 0 Å². The molecule has 0 aliphatic carbocycles. The van der Waals surface area contributed by atoms with Crippen molar-refractivity contribution in [2.75, 3.05) is 31.5 Å². The summed E-state index contributed by atoms with van der Waals surface area (Å²) in [7, 11) is 0. The lowest BCUT2D eigenvalue weighted by Crippen LogP contribution is -2.57. The molecular formula is C22H30F3N3O3. The SMILES string of the molecule is C=CCN1CCCC12CCCN(C(=O)Nc1cccc(CC)c1)C2.O=C(O)C(F)(F)F. The number of likely N-dealkylation sites (tertiary alicyclic amines) is 2. The number of alkyl halides is 3. The summed E-state index contributed by atoms with van der Waals surface area (Å²) in [5, 5.41) is 10.2. The lowest BCUT2D eigenvalue weighted by atomic mass is 9.86. The maximum atomic E-state index is 12.7. The predicted octanol–water partition coefficient (Wildman–Crippen LogP) is 4.53. The van der Waals surface area contributed by atoms with Crippen LogP contribution in [0.4, 0.5) is 23.7 Å². The molecule has 2 fully saturated rings. The quantitative estimate of drug-likeness (QED) is 0.674. The van der Waals surface area contributed by atoms with E-state index in [4.69, 9.17) is 9.90 Å². The first kappa shape index (κ1) is 24.7. The van der Waals surface area contributed by atoms with Crippen LogP contribution in [0.5, 0.6) is 0 Å². The molecule has 1 atom stereocenters. The molecule has 6 nitrogen and oxygen atoms in total. The Morgan fingerprint density at radius 2 is 1.90 bits per heavy atom. The van der Waals surface area contributed by atoms with Crippen LogP contribution in [0, 0.1) is 0 Å². The van der Waals surface area contributed by atoms with Crippen LogP contribution in [-0.2, 0) is 11.2 Å². The Morgan fingerprint density at radius 3 is 2.48 bits per heavy atom. The van der Waals surface area contributed by atoms with E-state index in [0.717, 1.165) is 44.7 Å². The van der Waals surface area contributed by atoms with Crippen LogP contribution in [0.25, 0.3) is 0 Å². The largest absolute Gasteiger partial charge is 0.490 e. The third-order valence-electron chi connectivity index (χ3n) is 5.76. The number of piperidine rings is 1. The summed E-state index contributed by atoms with van der Waals surface area (Å²) in [4.78, 5) is 26.2. The van der Waals surface area contributed by atoms with Gasteiger partial charge in [-0.25, -0.2) is 9.59 Å². The molecule has 2 aliphatic rings. The number of amides is 2. The monoisotopic (exact) mass is 441 g/mol. The minimum absolute atomic E-state index is 0.0350. The van der Waals surface area contributed by atoms with Crippen LogP contribution in [0.1, 0.15) is 38.2 Å². The highest BCUT2D eigenvalue weighted by atomic mass is 19.4. The van der Waals surface area contributed by atoms with E-state index in [1.54, 1.807) is 0 Å². The molecule has 0 bridgehead atoms. The molecular weight excluding hydrogens is 411 g/mol. The molecule has 2 aliphatic heterocycles. The zero-order valence-corrected chi connectivity index (χ0v) is 17.7. The second-order valence-electron chi connectivity index (χ2n) is 7.87. The number of nitrogens with zero attached hydrogens (tertiary/aromatic N) is 2. The first-order valence-corrected chi connectivity index (χ1v) is 10.4. The number of halogens is 3. The number of aryl methyl sites for hydroxylation is 1. The second-order valence-corrected chi connectivity index (χ2v) is 7.87. The molecule has 1 spiro atoms. The van der Waals surface area contributed by atoms with Crippen molar-refractivity contribution in [1.82, 2.24) is 9.80 Å². The average Bonchev–Trinajstić information content (AvgIpc) is 3.09. The normalized spacial score (nSPS) is 21.4. The standard InChI is InChI=1S/C20H29N3O.C2HF3O2/c1-3-12-23-14-7-11-20(23)10-6-13-22(16-20)19(24)21-18-9-5-8-17(4-2)15-18;3-2(4,5)1(6)7/h3,5,8-9,15H,1,4,6-7,10-14,16H2,2H3,(H,21,24);(H,6,7).